The van der Waals surface area contributed by atoms with Gasteiger partial charge < -0.3 is 10.1 Å². The molecule has 0 unspecified atom stereocenters. The van der Waals surface area contributed by atoms with Crippen molar-refractivity contribution in [3.63, 3.8) is 0 Å². The van der Waals surface area contributed by atoms with Crippen LogP contribution in [0.5, 0.6) is 5.75 Å². The molecule has 1 aromatic rings. The summed E-state index contributed by atoms with van der Waals surface area (Å²) in [6.45, 7) is 4.59. The Morgan fingerprint density at radius 1 is 1.24 bits per heavy atom. The fraction of sp³-hybridized carbons (Fsp3) is 0.333. The van der Waals surface area contributed by atoms with Gasteiger partial charge in [0.05, 0.1) is 0 Å². The molecule has 5 heteroatoms. The molecular weight excluding hydrogens is 231 g/mol. The Hall–Kier alpha value is -1.65. The van der Waals surface area contributed by atoms with Gasteiger partial charge in [0.1, 0.15) is 5.75 Å². The molecule has 0 bridgehead atoms. The zero-order valence-electron chi connectivity index (χ0n) is 9.64. The van der Waals surface area contributed by atoms with Crippen molar-refractivity contribution < 1.29 is 17.9 Å². The summed E-state index contributed by atoms with van der Waals surface area (Å²) in [6.07, 6.45) is -2.66. The Bertz CT molecular complexity index is 378. The number of anilines is 1. The van der Waals surface area contributed by atoms with E-state index in [1.165, 1.54) is 17.7 Å². The summed E-state index contributed by atoms with van der Waals surface area (Å²) in [7, 11) is 0. The maximum absolute atomic E-state index is 11.9. The molecule has 0 saturated carbocycles. The number of benzene rings is 1. The number of rotatable bonds is 4. The van der Waals surface area contributed by atoms with Gasteiger partial charge >= 0.3 is 6.36 Å². The standard InChI is InChI=1S/C12H14F3NO/c1-9(2)7-8-16-10-3-5-11(6-4-10)17-12(13,14)15/h3-7,16H,8H2,1-2H3. The predicted octanol–water partition coefficient (Wildman–Crippen LogP) is 3.96. The molecule has 0 spiro atoms. The number of hydrogen-bond donors (Lipinski definition) is 1. The first-order valence-electron chi connectivity index (χ1n) is 5.10. The molecule has 17 heavy (non-hydrogen) atoms. The van der Waals surface area contributed by atoms with Crippen molar-refractivity contribution in [1.29, 1.82) is 0 Å². The van der Waals surface area contributed by atoms with Gasteiger partial charge in [-0.3, -0.25) is 0 Å². The third-order valence-electron chi connectivity index (χ3n) is 1.90. The SMILES string of the molecule is CC(C)=CCNc1ccc(OC(F)(F)F)cc1. The third kappa shape index (κ3) is 5.85. The molecule has 0 saturated heterocycles. The van der Waals surface area contributed by atoms with E-state index in [4.69, 9.17) is 0 Å². The molecule has 0 radical (unpaired) electrons. The van der Waals surface area contributed by atoms with E-state index in [-0.39, 0.29) is 5.75 Å². The van der Waals surface area contributed by atoms with Crippen molar-refractivity contribution in [3.8, 4) is 5.75 Å². The van der Waals surface area contributed by atoms with Crippen LogP contribution in [0.3, 0.4) is 0 Å². The van der Waals surface area contributed by atoms with Crippen LogP contribution in [0.25, 0.3) is 0 Å². The first-order chi connectivity index (χ1) is 7.87. The van der Waals surface area contributed by atoms with Crippen LogP contribution < -0.4 is 10.1 Å². The smallest absolute Gasteiger partial charge is 0.406 e. The lowest BCUT2D eigenvalue weighted by atomic mass is 10.3. The summed E-state index contributed by atoms with van der Waals surface area (Å²) in [4.78, 5) is 0. The van der Waals surface area contributed by atoms with E-state index < -0.39 is 6.36 Å². The number of ether oxygens (including phenoxy) is 1. The summed E-state index contributed by atoms with van der Waals surface area (Å²) < 4.78 is 39.4. The molecule has 0 aromatic heterocycles. The summed E-state index contributed by atoms with van der Waals surface area (Å²) in [6, 6.07) is 5.64. The summed E-state index contributed by atoms with van der Waals surface area (Å²) in [5.74, 6) is -0.217. The minimum atomic E-state index is -4.64. The Balaban J connectivity index is 2.53. The maximum Gasteiger partial charge on any atom is 0.573 e. The second-order valence-electron chi connectivity index (χ2n) is 3.73. The fourth-order valence-corrected chi connectivity index (χ4v) is 1.15. The monoisotopic (exact) mass is 245 g/mol. The van der Waals surface area contributed by atoms with E-state index in [0.29, 0.717) is 6.54 Å². The molecule has 1 aromatic carbocycles. The van der Waals surface area contributed by atoms with Gasteiger partial charge in [0, 0.05) is 12.2 Å². The van der Waals surface area contributed by atoms with E-state index in [2.05, 4.69) is 10.1 Å². The van der Waals surface area contributed by atoms with Gasteiger partial charge in [0.25, 0.3) is 0 Å². The first-order valence-corrected chi connectivity index (χ1v) is 5.10. The second kappa shape index (κ2) is 5.61. The second-order valence-corrected chi connectivity index (χ2v) is 3.73. The van der Waals surface area contributed by atoms with Gasteiger partial charge in [-0.1, -0.05) is 11.6 Å². The Kier molecular flexibility index (Phi) is 4.43. The number of halogens is 3. The number of allylic oxidation sites excluding steroid dienone is 1. The lowest BCUT2D eigenvalue weighted by Gasteiger charge is -2.09. The van der Waals surface area contributed by atoms with Crippen molar-refractivity contribution in [3.05, 3.63) is 35.9 Å². The summed E-state index contributed by atoms with van der Waals surface area (Å²) in [5.41, 5.74) is 1.92. The van der Waals surface area contributed by atoms with E-state index >= 15 is 0 Å². The van der Waals surface area contributed by atoms with Crippen LogP contribution in [-0.4, -0.2) is 12.9 Å². The Morgan fingerprint density at radius 3 is 2.29 bits per heavy atom. The van der Waals surface area contributed by atoms with Crippen LogP contribution in [0, 0.1) is 0 Å². The highest BCUT2D eigenvalue weighted by molar-refractivity contribution is 5.46. The Morgan fingerprint density at radius 2 is 1.82 bits per heavy atom. The van der Waals surface area contributed by atoms with Gasteiger partial charge in [0.2, 0.25) is 0 Å². The van der Waals surface area contributed by atoms with Crippen LogP contribution in [-0.2, 0) is 0 Å². The van der Waals surface area contributed by atoms with Crippen molar-refractivity contribution in [1.82, 2.24) is 0 Å². The molecule has 1 rings (SSSR count). The normalized spacial score (nSPS) is 10.9. The zero-order chi connectivity index (χ0) is 12.9. The lowest BCUT2D eigenvalue weighted by molar-refractivity contribution is -0.274. The molecule has 0 aliphatic rings. The van der Waals surface area contributed by atoms with Crippen LogP contribution in [0.2, 0.25) is 0 Å². The topological polar surface area (TPSA) is 21.3 Å². The van der Waals surface area contributed by atoms with Gasteiger partial charge in [0.15, 0.2) is 0 Å². The average molecular weight is 245 g/mol. The molecule has 94 valence electrons. The predicted molar refractivity (Wildman–Crippen MR) is 61.0 cm³/mol. The highest BCUT2D eigenvalue weighted by atomic mass is 19.4. The molecule has 0 aliphatic heterocycles. The molecule has 1 N–H and O–H groups in total. The van der Waals surface area contributed by atoms with Crippen molar-refractivity contribution >= 4 is 5.69 Å². The van der Waals surface area contributed by atoms with Gasteiger partial charge in [-0.05, 0) is 38.1 Å². The molecule has 0 aliphatic carbocycles. The minimum absolute atomic E-state index is 0.217. The van der Waals surface area contributed by atoms with Crippen molar-refractivity contribution in [2.24, 2.45) is 0 Å². The van der Waals surface area contributed by atoms with Crippen LogP contribution in [0.4, 0.5) is 18.9 Å². The van der Waals surface area contributed by atoms with Gasteiger partial charge in [-0.15, -0.1) is 13.2 Å². The van der Waals surface area contributed by atoms with E-state index in [1.807, 2.05) is 19.9 Å². The van der Waals surface area contributed by atoms with Crippen LogP contribution >= 0.6 is 0 Å². The fourth-order valence-electron chi connectivity index (χ4n) is 1.15. The zero-order valence-corrected chi connectivity index (χ0v) is 9.64. The molecule has 0 amide bonds. The lowest BCUT2D eigenvalue weighted by Crippen LogP contribution is -2.17. The van der Waals surface area contributed by atoms with E-state index in [9.17, 15) is 13.2 Å². The molecule has 0 atom stereocenters. The summed E-state index contributed by atoms with van der Waals surface area (Å²) >= 11 is 0. The highest BCUT2D eigenvalue weighted by Gasteiger charge is 2.30. The average Bonchev–Trinajstić information content (AvgIpc) is 2.18. The summed E-state index contributed by atoms with van der Waals surface area (Å²) in [5, 5.41) is 3.05. The molecule has 0 fully saturated rings. The number of alkyl halides is 3. The van der Waals surface area contributed by atoms with Gasteiger partial charge in [-0.2, -0.15) is 0 Å². The van der Waals surface area contributed by atoms with E-state index in [0.717, 1.165) is 5.69 Å². The third-order valence-corrected chi connectivity index (χ3v) is 1.90. The molecule has 0 heterocycles. The van der Waals surface area contributed by atoms with Crippen molar-refractivity contribution in [2.75, 3.05) is 11.9 Å². The molecule has 2 nitrogen and oxygen atoms in total. The number of nitrogens with one attached hydrogen (secondary N) is 1. The maximum atomic E-state index is 11.9. The largest absolute Gasteiger partial charge is 0.573 e. The highest BCUT2D eigenvalue weighted by Crippen LogP contribution is 2.23. The van der Waals surface area contributed by atoms with Crippen molar-refractivity contribution in [2.45, 2.75) is 20.2 Å². The van der Waals surface area contributed by atoms with Gasteiger partial charge in [-0.25, -0.2) is 0 Å². The minimum Gasteiger partial charge on any atom is -0.406 e. The first kappa shape index (κ1) is 13.4. The molecular formula is C12H14F3NO. The Labute approximate surface area is 98.1 Å². The van der Waals surface area contributed by atoms with E-state index in [1.54, 1.807) is 12.1 Å². The van der Waals surface area contributed by atoms with Crippen LogP contribution in [0.15, 0.2) is 35.9 Å². The quantitative estimate of drug-likeness (QED) is 0.810. The van der Waals surface area contributed by atoms with Crippen LogP contribution in [0.1, 0.15) is 13.8 Å². The number of hydrogen-bond acceptors (Lipinski definition) is 2.